The van der Waals surface area contributed by atoms with Gasteiger partial charge in [0, 0.05) is 5.71 Å². The number of anilines is 2. The molecule has 0 saturated heterocycles. The second-order valence-electron chi connectivity index (χ2n) is 6.61. The highest BCUT2D eigenvalue weighted by Crippen LogP contribution is 2.37. The van der Waals surface area contributed by atoms with Crippen molar-refractivity contribution >= 4 is 34.6 Å². The number of carbonyl (C=O) groups is 2. The van der Waals surface area contributed by atoms with E-state index in [1.807, 2.05) is 6.07 Å². The molecule has 0 spiro atoms. The van der Waals surface area contributed by atoms with E-state index in [0.717, 1.165) is 30.7 Å². The molecule has 2 aromatic carbocycles. The molecule has 2 aromatic rings. The van der Waals surface area contributed by atoms with E-state index in [2.05, 4.69) is 10.3 Å². The van der Waals surface area contributed by atoms with Crippen molar-refractivity contribution in [2.75, 3.05) is 16.8 Å². The van der Waals surface area contributed by atoms with Crippen LogP contribution >= 0.6 is 0 Å². The van der Waals surface area contributed by atoms with Crippen LogP contribution in [0.3, 0.4) is 0 Å². The SMILES string of the molecule is O=C(CN1C(=O)C2CCCC2=Nc2ccccc21)Nc1c(F)cccc1F. The van der Waals surface area contributed by atoms with E-state index >= 15 is 0 Å². The van der Waals surface area contributed by atoms with Crippen LogP contribution in [0.25, 0.3) is 0 Å². The van der Waals surface area contributed by atoms with Crippen LogP contribution in [-0.2, 0) is 9.59 Å². The van der Waals surface area contributed by atoms with Crippen LogP contribution in [0.1, 0.15) is 19.3 Å². The third-order valence-corrected chi connectivity index (χ3v) is 4.86. The summed E-state index contributed by atoms with van der Waals surface area (Å²) in [5.74, 6) is -2.97. The van der Waals surface area contributed by atoms with Gasteiger partial charge in [0.2, 0.25) is 11.8 Å². The number of rotatable bonds is 3. The Kier molecular flexibility index (Phi) is 4.43. The first-order chi connectivity index (χ1) is 13.0. The van der Waals surface area contributed by atoms with Gasteiger partial charge in [0.05, 0.1) is 17.3 Å². The molecule has 2 aliphatic rings. The van der Waals surface area contributed by atoms with Crippen molar-refractivity contribution in [1.82, 2.24) is 0 Å². The lowest BCUT2D eigenvalue weighted by atomic mass is 10.1. The Morgan fingerprint density at radius 1 is 1.15 bits per heavy atom. The molecule has 0 aromatic heterocycles. The fourth-order valence-electron chi connectivity index (χ4n) is 3.58. The summed E-state index contributed by atoms with van der Waals surface area (Å²) in [4.78, 5) is 31.5. The minimum Gasteiger partial charge on any atom is -0.320 e. The average Bonchev–Trinajstić information content (AvgIpc) is 3.07. The van der Waals surface area contributed by atoms with Crippen molar-refractivity contribution in [3.8, 4) is 0 Å². The van der Waals surface area contributed by atoms with E-state index < -0.39 is 23.2 Å². The largest absolute Gasteiger partial charge is 0.320 e. The Bertz CT molecular complexity index is 938. The molecule has 2 amide bonds. The Labute approximate surface area is 154 Å². The van der Waals surface area contributed by atoms with Gasteiger partial charge in [-0.15, -0.1) is 0 Å². The van der Waals surface area contributed by atoms with Crippen LogP contribution in [0, 0.1) is 17.6 Å². The Morgan fingerprint density at radius 2 is 1.89 bits per heavy atom. The summed E-state index contributed by atoms with van der Waals surface area (Å²) in [5.41, 5.74) is 1.45. The number of para-hydroxylation sites is 3. The highest BCUT2D eigenvalue weighted by Gasteiger charge is 2.37. The number of fused-ring (bicyclic) bond motifs is 2. The van der Waals surface area contributed by atoms with Crippen LogP contribution in [0.15, 0.2) is 47.5 Å². The lowest BCUT2D eigenvalue weighted by Crippen LogP contribution is -2.42. The first-order valence-corrected chi connectivity index (χ1v) is 8.76. The van der Waals surface area contributed by atoms with Crippen molar-refractivity contribution < 1.29 is 18.4 Å². The second kappa shape index (κ2) is 6.90. The third-order valence-electron chi connectivity index (χ3n) is 4.86. The first-order valence-electron chi connectivity index (χ1n) is 8.76. The van der Waals surface area contributed by atoms with E-state index in [1.165, 1.54) is 11.0 Å². The molecule has 1 atom stereocenters. The molecule has 1 N–H and O–H groups in total. The number of amides is 2. The second-order valence-corrected chi connectivity index (χ2v) is 6.61. The van der Waals surface area contributed by atoms with Crippen LogP contribution in [-0.4, -0.2) is 24.1 Å². The summed E-state index contributed by atoms with van der Waals surface area (Å²) >= 11 is 0. The molecule has 4 rings (SSSR count). The monoisotopic (exact) mass is 369 g/mol. The van der Waals surface area contributed by atoms with E-state index in [0.29, 0.717) is 17.8 Å². The van der Waals surface area contributed by atoms with Crippen molar-refractivity contribution in [2.45, 2.75) is 19.3 Å². The lowest BCUT2D eigenvalue weighted by Gasteiger charge is -2.24. The van der Waals surface area contributed by atoms with Gasteiger partial charge in [-0.1, -0.05) is 18.2 Å². The number of carbonyl (C=O) groups excluding carboxylic acids is 2. The zero-order valence-corrected chi connectivity index (χ0v) is 14.4. The van der Waals surface area contributed by atoms with E-state index in [9.17, 15) is 18.4 Å². The number of nitrogens with zero attached hydrogens (tertiary/aromatic N) is 2. The molecule has 1 aliphatic heterocycles. The summed E-state index contributed by atoms with van der Waals surface area (Å²) in [6.45, 7) is -0.344. The van der Waals surface area contributed by atoms with Crippen LogP contribution in [0.5, 0.6) is 0 Å². The van der Waals surface area contributed by atoms with Gasteiger partial charge < -0.3 is 10.2 Å². The maximum absolute atomic E-state index is 13.8. The van der Waals surface area contributed by atoms with Gasteiger partial charge in [0.1, 0.15) is 23.9 Å². The van der Waals surface area contributed by atoms with Crippen LogP contribution in [0.2, 0.25) is 0 Å². The fourth-order valence-corrected chi connectivity index (χ4v) is 3.58. The standard InChI is InChI=1S/C20H17F2N3O2/c21-13-6-4-7-14(22)19(13)24-18(26)11-25-17-10-2-1-8-16(17)23-15-9-3-5-12(15)20(25)27/h1-2,4,6-8,10,12H,3,5,9,11H2,(H,24,26). The molecule has 1 fully saturated rings. The minimum atomic E-state index is -0.868. The van der Waals surface area contributed by atoms with Crippen LogP contribution in [0.4, 0.5) is 25.8 Å². The molecule has 1 unspecified atom stereocenters. The van der Waals surface area contributed by atoms with Gasteiger partial charge in [-0.05, 0) is 43.5 Å². The van der Waals surface area contributed by atoms with Gasteiger partial charge in [-0.3, -0.25) is 14.6 Å². The molecule has 1 heterocycles. The van der Waals surface area contributed by atoms with Gasteiger partial charge in [-0.2, -0.15) is 0 Å². The van der Waals surface area contributed by atoms with Gasteiger partial charge in [0.25, 0.3) is 0 Å². The number of nitrogens with one attached hydrogen (secondary N) is 1. The minimum absolute atomic E-state index is 0.208. The molecule has 27 heavy (non-hydrogen) atoms. The van der Waals surface area contributed by atoms with E-state index in [4.69, 9.17) is 0 Å². The molecular formula is C20H17F2N3O2. The smallest absolute Gasteiger partial charge is 0.244 e. The van der Waals surface area contributed by atoms with Gasteiger partial charge in [-0.25, -0.2) is 8.78 Å². The van der Waals surface area contributed by atoms with Crippen molar-refractivity contribution in [1.29, 1.82) is 0 Å². The molecule has 5 nitrogen and oxygen atoms in total. The third kappa shape index (κ3) is 3.20. The number of hydrogen-bond acceptors (Lipinski definition) is 3. The zero-order chi connectivity index (χ0) is 19.0. The summed E-state index contributed by atoms with van der Waals surface area (Å²) in [6, 6.07) is 10.4. The van der Waals surface area contributed by atoms with E-state index in [-0.39, 0.29) is 18.4 Å². The number of halogens is 2. The fraction of sp³-hybridized carbons (Fsp3) is 0.250. The molecule has 0 radical (unpaired) electrons. The summed E-state index contributed by atoms with van der Waals surface area (Å²) in [5, 5.41) is 2.24. The molecular weight excluding hydrogens is 352 g/mol. The van der Waals surface area contributed by atoms with Crippen molar-refractivity contribution in [3.63, 3.8) is 0 Å². The molecule has 0 bridgehead atoms. The van der Waals surface area contributed by atoms with E-state index in [1.54, 1.807) is 18.2 Å². The summed E-state index contributed by atoms with van der Waals surface area (Å²) in [6.07, 6.45) is 2.31. The zero-order valence-electron chi connectivity index (χ0n) is 14.4. The number of aliphatic imine (C=N–C) groups is 1. The van der Waals surface area contributed by atoms with Crippen molar-refractivity contribution in [2.24, 2.45) is 10.9 Å². The normalized spacial score (nSPS) is 18.4. The number of benzene rings is 2. The average molecular weight is 369 g/mol. The summed E-state index contributed by atoms with van der Waals surface area (Å²) < 4.78 is 27.6. The van der Waals surface area contributed by atoms with Gasteiger partial charge >= 0.3 is 0 Å². The summed E-state index contributed by atoms with van der Waals surface area (Å²) in [7, 11) is 0. The molecule has 1 saturated carbocycles. The first kappa shape index (κ1) is 17.3. The van der Waals surface area contributed by atoms with Crippen LogP contribution < -0.4 is 10.2 Å². The Balaban J connectivity index is 1.63. The Hall–Kier alpha value is -3.09. The quantitative estimate of drug-likeness (QED) is 0.894. The number of hydrogen-bond donors (Lipinski definition) is 1. The predicted octanol–water partition coefficient (Wildman–Crippen LogP) is 3.82. The lowest BCUT2D eigenvalue weighted by molar-refractivity contribution is -0.123. The maximum atomic E-state index is 13.8. The topological polar surface area (TPSA) is 61.8 Å². The van der Waals surface area contributed by atoms with Gasteiger partial charge in [0.15, 0.2) is 0 Å². The highest BCUT2D eigenvalue weighted by atomic mass is 19.1. The Morgan fingerprint density at radius 3 is 2.67 bits per heavy atom. The predicted molar refractivity (Wildman–Crippen MR) is 98.2 cm³/mol. The molecule has 7 heteroatoms. The molecule has 1 aliphatic carbocycles. The highest BCUT2D eigenvalue weighted by molar-refractivity contribution is 6.16. The molecule has 138 valence electrons. The van der Waals surface area contributed by atoms with Crippen molar-refractivity contribution in [3.05, 3.63) is 54.1 Å². The maximum Gasteiger partial charge on any atom is 0.244 e.